The second kappa shape index (κ2) is 6.45. The lowest BCUT2D eigenvalue weighted by molar-refractivity contribution is -0.385. The van der Waals surface area contributed by atoms with Crippen LogP contribution in [0.3, 0.4) is 0 Å². The Kier molecular flexibility index (Phi) is 4.64. The van der Waals surface area contributed by atoms with E-state index in [1.165, 1.54) is 6.07 Å². The first kappa shape index (κ1) is 15.1. The fourth-order valence-electron chi connectivity index (χ4n) is 1.98. The second-order valence-corrected chi connectivity index (χ2v) is 5.07. The summed E-state index contributed by atoms with van der Waals surface area (Å²) in [5.74, 6) is 0.833. The van der Waals surface area contributed by atoms with Crippen LogP contribution in [0.2, 0.25) is 0 Å². The number of nitro groups is 1. The molecule has 7 heteroatoms. The van der Waals surface area contributed by atoms with Gasteiger partial charge >= 0.3 is 0 Å². The third kappa shape index (κ3) is 3.63. The molecule has 0 saturated heterocycles. The van der Waals surface area contributed by atoms with Crippen LogP contribution in [-0.4, -0.2) is 27.7 Å². The standard InChI is InChI=1S/C14H18N4O3/c1-9(2)15-8-7-13-16-17-14(21-13)11-5-4-6-12(10(11)3)18(19)20/h4-6,9,15H,7-8H2,1-3H3. The van der Waals surface area contributed by atoms with Gasteiger partial charge in [-0.3, -0.25) is 10.1 Å². The lowest BCUT2D eigenvalue weighted by atomic mass is 10.1. The van der Waals surface area contributed by atoms with Crippen molar-refractivity contribution in [3.8, 4) is 11.5 Å². The molecule has 0 amide bonds. The number of hydrogen-bond donors (Lipinski definition) is 1. The van der Waals surface area contributed by atoms with Crippen LogP contribution in [0.5, 0.6) is 0 Å². The average molecular weight is 290 g/mol. The quantitative estimate of drug-likeness (QED) is 0.649. The van der Waals surface area contributed by atoms with Gasteiger partial charge in [0, 0.05) is 36.2 Å². The molecule has 0 radical (unpaired) electrons. The predicted molar refractivity (Wildman–Crippen MR) is 78.0 cm³/mol. The molecule has 21 heavy (non-hydrogen) atoms. The average Bonchev–Trinajstić information content (AvgIpc) is 2.86. The third-order valence-electron chi connectivity index (χ3n) is 3.09. The van der Waals surface area contributed by atoms with Crippen molar-refractivity contribution in [1.29, 1.82) is 0 Å². The molecule has 0 aliphatic carbocycles. The van der Waals surface area contributed by atoms with Gasteiger partial charge in [0.05, 0.1) is 4.92 Å². The Morgan fingerprint density at radius 1 is 1.38 bits per heavy atom. The summed E-state index contributed by atoms with van der Waals surface area (Å²) >= 11 is 0. The van der Waals surface area contributed by atoms with E-state index in [0.717, 1.165) is 6.54 Å². The topological polar surface area (TPSA) is 94.1 Å². The summed E-state index contributed by atoms with van der Waals surface area (Å²) < 4.78 is 5.58. The smallest absolute Gasteiger partial charge is 0.273 e. The van der Waals surface area contributed by atoms with Crippen molar-refractivity contribution in [2.45, 2.75) is 33.2 Å². The van der Waals surface area contributed by atoms with E-state index in [1.54, 1.807) is 19.1 Å². The molecular weight excluding hydrogens is 272 g/mol. The van der Waals surface area contributed by atoms with E-state index in [2.05, 4.69) is 29.4 Å². The molecular formula is C14H18N4O3. The highest BCUT2D eigenvalue weighted by atomic mass is 16.6. The Bertz CT molecular complexity index is 637. The van der Waals surface area contributed by atoms with Gasteiger partial charge < -0.3 is 9.73 Å². The molecule has 1 heterocycles. The zero-order valence-corrected chi connectivity index (χ0v) is 12.3. The molecule has 2 rings (SSSR count). The van der Waals surface area contributed by atoms with Crippen molar-refractivity contribution in [1.82, 2.24) is 15.5 Å². The van der Waals surface area contributed by atoms with E-state index in [-0.39, 0.29) is 5.69 Å². The molecule has 2 aromatic rings. The largest absolute Gasteiger partial charge is 0.421 e. The van der Waals surface area contributed by atoms with Crippen molar-refractivity contribution in [2.24, 2.45) is 0 Å². The van der Waals surface area contributed by atoms with Crippen LogP contribution < -0.4 is 5.32 Å². The number of nitrogens with one attached hydrogen (secondary N) is 1. The van der Waals surface area contributed by atoms with Crippen LogP contribution in [0.1, 0.15) is 25.3 Å². The monoisotopic (exact) mass is 290 g/mol. The van der Waals surface area contributed by atoms with E-state index in [9.17, 15) is 10.1 Å². The van der Waals surface area contributed by atoms with Crippen LogP contribution in [0.15, 0.2) is 22.6 Å². The first-order valence-corrected chi connectivity index (χ1v) is 6.79. The lowest BCUT2D eigenvalue weighted by Gasteiger charge is -2.05. The molecule has 1 aromatic heterocycles. The van der Waals surface area contributed by atoms with Gasteiger partial charge in [0.25, 0.3) is 5.69 Å². The van der Waals surface area contributed by atoms with Gasteiger partial charge in [-0.05, 0) is 13.0 Å². The van der Waals surface area contributed by atoms with Gasteiger partial charge in [0.1, 0.15) is 0 Å². The van der Waals surface area contributed by atoms with Crippen LogP contribution in [-0.2, 0) is 6.42 Å². The highest BCUT2D eigenvalue weighted by molar-refractivity contribution is 5.64. The first-order valence-electron chi connectivity index (χ1n) is 6.79. The molecule has 0 aliphatic heterocycles. The van der Waals surface area contributed by atoms with Crippen molar-refractivity contribution in [3.63, 3.8) is 0 Å². The molecule has 1 aromatic carbocycles. The second-order valence-electron chi connectivity index (χ2n) is 5.07. The SMILES string of the molecule is Cc1c(-c2nnc(CCNC(C)C)o2)cccc1[N+](=O)[O-]. The number of benzene rings is 1. The summed E-state index contributed by atoms with van der Waals surface area (Å²) in [6.07, 6.45) is 0.624. The van der Waals surface area contributed by atoms with Gasteiger partial charge in [-0.2, -0.15) is 0 Å². The van der Waals surface area contributed by atoms with Crippen molar-refractivity contribution in [3.05, 3.63) is 39.8 Å². The Labute approximate surface area is 122 Å². The Balaban J connectivity index is 2.18. The molecule has 0 atom stereocenters. The van der Waals surface area contributed by atoms with E-state index >= 15 is 0 Å². The Morgan fingerprint density at radius 3 is 2.81 bits per heavy atom. The van der Waals surface area contributed by atoms with Gasteiger partial charge in [-0.1, -0.05) is 19.9 Å². The van der Waals surface area contributed by atoms with Crippen LogP contribution >= 0.6 is 0 Å². The van der Waals surface area contributed by atoms with Gasteiger partial charge in [-0.15, -0.1) is 10.2 Å². The van der Waals surface area contributed by atoms with E-state index in [4.69, 9.17) is 4.42 Å². The fourth-order valence-corrected chi connectivity index (χ4v) is 1.98. The maximum absolute atomic E-state index is 10.9. The van der Waals surface area contributed by atoms with Crippen molar-refractivity contribution < 1.29 is 9.34 Å². The number of hydrogen-bond acceptors (Lipinski definition) is 6. The minimum Gasteiger partial charge on any atom is -0.421 e. The molecule has 0 spiro atoms. The molecule has 7 nitrogen and oxygen atoms in total. The van der Waals surface area contributed by atoms with E-state index in [0.29, 0.717) is 35.4 Å². The maximum Gasteiger partial charge on any atom is 0.273 e. The maximum atomic E-state index is 10.9. The van der Waals surface area contributed by atoms with Crippen molar-refractivity contribution in [2.75, 3.05) is 6.54 Å². The third-order valence-corrected chi connectivity index (χ3v) is 3.09. The Hall–Kier alpha value is -2.28. The van der Waals surface area contributed by atoms with Crippen LogP contribution in [0.25, 0.3) is 11.5 Å². The van der Waals surface area contributed by atoms with E-state index in [1.807, 2.05) is 0 Å². The lowest BCUT2D eigenvalue weighted by Crippen LogP contribution is -2.25. The molecule has 0 saturated carbocycles. The molecule has 112 valence electrons. The Morgan fingerprint density at radius 2 is 2.14 bits per heavy atom. The summed E-state index contributed by atoms with van der Waals surface area (Å²) in [4.78, 5) is 10.5. The molecule has 0 aliphatic rings. The summed E-state index contributed by atoms with van der Waals surface area (Å²) in [7, 11) is 0. The number of rotatable bonds is 6. The normalized spacial score (nSPS) is 11.0. The predicted octanol–water partition coefficient (Wildman–Crippen LogP) is 2.49. The molecule has 0 unspecified atom stereocenters. The summed E-state index contributed by atoms with van der Waals surface area (Å²) in [5, 5.41) is 22.2. The summed E-state index contributed by atoms with van der Waals surface area (Å²) in [6, 6.07) is 5.21. The number of aromatic nitrogens is 2. The summed E-state index contributed by atoms with van der Waals surface area (Å²) in [5.41, 5.74) is 1.17. The zero-order valence-electron chi connectivity index (χ0n) is 12.3. The zero-order chi connectivity index (χ0) is 15.4. The molecule has 1 N–H and O–H groups in total. The highest BCUT2D eigenvalue weighted by Gasteiger charge is 2.18. The number of nitro benzene ring substituents is 1. The fraction of sp³-hybridized carbons (Fsp3) is 0.429. The number of nitrogens with zero attached hydrogens (tertiary/aromatic N) is 3. The van der Waals surface area contributed by atoms with Gasteiger partial charge in [0.15, 0.2) is 0 Å². The van der Waals surface area contributed by atoms with Crippen LogP contribution in [0, 0.1) is 17.0 Å². The summed E-state index contributed by atoms with van der Waals surface area (Å²) in [6.45, 7) is 6.54. The molecule has 0 fully saturated rings. The van der Waals surface area contributed by atoms with Gasteiger partial charge in [-0.25, -0.2) is 0 Å². The first-order chi connectivity index (χ1) is 9.99. The highest BCUT2D eigenvalue weighted by Crippen LogP contribution is 2.28. The molecule has 0 bridgehead atoms. The van der Waals surface area contributed by atoms with Crippen molar-refractivity contribution >= 4 is 5.69 Å². The van der Waals surface area contributed by atoms with E-state index < -0.39 is 4.92 Å². The minimum atomic E-state index is -0.414. The minimum absolute atomic E-state index is 0.0497. The van der Waals surface area contributed by atoms with Gasteiger partial charge in [0.2, 0.25) is 11.8 Å². The van der Waals surface area contributed by atoms with Crippen LogP contribution in [0.4, 0.5) is 5.69 Å².